The lowest BCUT2D eigenvalue weighted by atomic mass is 9.99. The number of hydrogen-bond acceptors (Lipinski definition) is 5. The Labute approximate surface area is 143 Å². The van der Waals surface area contributed by atoms with Gasteiger partial charge in [0.05, 0.1) is 18.2 Å². The summed E-state index contributed by atoms with van der Waals surface area (Å²) in [6.07, 6.45) is 0. The minimum atomic E-state index is -2.06. The lowest BCUT2D eigenvalue weighted by Crippen LogP contribution is -2.58. The molecule has 0 bridgehead atoms. The van der Waals surface area contributed by atoms with Crippen LogP contribution in [0.25, 0.3) is 0 Å². The van der Waals surface area contributed by atoms with Gasteiger partial charge in [0.2, 0.25) is 0 Å². The first-order valence-corrected chi connectivity index (χ1v) is 7.45. The molecule has 0 fully saturated rings. The molecule has 3 rings (SSSR count). The molecular weight excluding hydrogens is 324 g/mol. The van der Waals surface area contributed by atoms with Gasteiger partial charge in [0, 0.05) is 12.7 Å². The van der Waals surface area contributed by atoms with Crippen molar-refractivity contribution >= 4 is 17.7 Å². The van der Waals surface area contributed by atoms with Crippen molar-refractivity contribution in [2.45, 2.75) is 5.72 Å². The van der Waals surface area contributed by atoms with Gasteiger partial charge in [-0.05, 0) is 36.4 Å². The molecule has 2 aromatic carbocycles. The Morgan fingerprint density at radius 1 is 0.960 bits per heavy atom. The third kappa shape index (κ3) is 2.28. The van der Waals surface area contributed by atoms with E-state index in [-0.39, 0.29) is 16.7 Å². The lowest BCUT2D eigenvalue weighted by molar-refractivity contribution is -0.158. The average molecular weight is 340 g/mol. The smallest absolute Gasteiger partial charge is 0.276 e. The van der Waals surface area contributed by atoms with Gasteiger partial charge < -0.3 is 15.2 Å². The number of benzene rings is 2. The summed E-state index contributed by atoms with van der Waals surface area (Å²) < 4.78 is 10.5. The number of fused-ring (bicyclic) bond motifs is 1. The first-order chi connectivity index (χ1) is 12.0. The summed E-state index contributed by atoms with van der Waals surface area (Å²) in [4.78, 5) is 38.7. The number of primary amides is 1. The molecule has 2 N–H and O–H groups in total. The van der Waals surface area contributed by atoms with E-state index in [0.29, 0.717) is 5.75 Å². The first-order valence-electron chi connectivity index (χ1n) is 7.45. The Hall–Kier alpha value is -3.19. The molecule has 1 heterocycles. The molecule has 0 saturated carbocycles. The van der Waals surface area contributed by atoms with Gasteiger partial charge in [-0.1, -0.05) is 12.1 Å². The number of carbonyl (C=O) groups excluding carboxylic acids is 3. The monoisotopic (exact) mass is 340 g/mol. The van der Waals surface area contributed by atoms with Gasteiger partial charge in [-0.3, -0.25) is 14.4 Å². The summed E-state index contributed by atoms with van der Waals surface area (Å²) in [6.45, 7) is 0. The van der Waals surface area contributed by atoms with E-state index < -0.39 is 23.4 Å². The maximum Gasteiger partial charge on any atom is 0.276 e. The fourth-order valence-electron chi connectivity index (χ4n) is 2.98. The van der Waals surface area contributed by atoms with Crippen LogP contribution in [0.1, 0.15) is 26.3 Å². The average Bonchev–Trinajstić information content (AvgIpc) is 2.89. The van der Waals surface area contributed by atoms with Gasteiger partial charge in [0.1, 0.15) is 5.75 Å². The second-order valence-electron chi connectivity index (χ2n) is 5.43. The summed E-state index contributed by atoms with van der Waals surface area (Å²) in [5, 5.41) is 0. The largest absolute Gasteiger partial charge is 0.497 e. The number of carbonyl (C=O) groups is 3. The Bertz CT molecular complexity index is 827. The number of methoxy groups -OCH3 is 2. The highest BCUT2D eigenvalue weighted by Gasteiger charge is 2.54. The van der Waals surface area contributed by atoms with Crippen LogP contribution in [-0.4, -0.2) is 36.8 Å². The first kappa shape index (κ1) is 16.7. The molecule has 2 aromatic rings. The molecule has 1 aliphatic rings. The van der Waals surface area contributed by atoms with Gasteiger partial charge in [0.15, 0.2) is 0 Å². The molecular formula is C18H16N2O5. The lowest BCUT2D eigenvalue weighted by Gasteiger charge is -2.36. The standard InChI is InChI=1S/C18H16N2O5/c1-24-12-9-7-11(8-10-12)18(25-2,17(19)23)20-15(21)13-5-3-4-6-14(13)16(20)22/h3-10H,1-2H3,(H2,19,23). The summed E-state index contributed by atoms with van der Waals surface area (Å²) in [5.41, 5.74) is 4.17. The number of rotatable bonds is 5. The fraction of sp³-hybridized carbons (Fsp3) is 0.167. The molecule has 0 saturated heterocycles. The molecule has 0 radical (unpaired) electrons. The van der Waals surface area contributed by atoms with Gasteiger partial charge in [-0.2, -0.15) is 0 Å². The van der Waals surface area contributed by atoms with Crippen LogP contribution in [0.2, 0.25) is 0 Å². The molecule has 3 amide bonds. The third-order valence-corrected chi connectivity index (χ3v) is 4.22. The van der Waals surface area contributed by atoms with Crippen molar-refractivity contribution in [2.75, 3.05) is 14.2 Å². The minimum absolute atomic E-state index is 0.198. The van der Waals surface area contributed by atoms with Gasteiger partial charge >= 0.3 is 0 Å². The predicted molar refractivity (Wildman–Crippen MR) is 87.8 cm³/mol. The summed E-state index contributed by atoms with van der Waals surface area (Å²) in [6, 6.07) is 12.5. The Balaban J connectivity index is 2.19. The molecule has 25 heavy (non-hydrogen) atoms. The highest BCUT2D eigenvalue weighted by Crippen LogP contribution is 2.37. The quantitative estimate of drug-likeness (QED) is 0.827. The second-order valence-corrected chi connectivity index (χ2v) is 5.43. The van der Waals surface area contributed by atoms with E-state index in [1.54, 1.807) is 24.3 Å². The number of ether oxygens (including phenoxy) is 2. The number of nitrogens with zero attached hydrogens (tertiary/aromatic N) is 1. The number of nitrogens with two attached hydrogens (primary N) is 1. The van der Waals surface area contributed by atoms with Crippen molar-refractivity contribution in [2.24, 2.45) is 5.73 Å². The van der Waals surface area contributed by atoms with Crippen molar-refractivity contribution in [3.05, 3.63) is 65.2 Å². The van der Waals surface area contributed by atoms with Crippen LogP contribution >= 0.6 is 0 Å². The Kier molecular flexibility index (Phi) is 4.02. The topological polar surface area (TPSA) is 98.9 Å². The molecule has 7 nitrogen and oxygen atoms in total. The summed E-state index contributed by atoms with van der Waals surface area (Å²) in [7, 11) is 2.72. The Morgan fingerprint density at radius 3 is 1.88 bits per heavy atom. The van der Waals surface area contributed by atoms with E-state index in [2.05, 4.69) is 0 Å². The molecule has 0 aromatic heterocycles. The van der Waals surface area contributed by atoms with E-state index in [1.165, 1.54) is 38.5 Å². The van der Waals surface area contributed by atoms with E-state index in [9.17, 15) is 14.4 Å². The molecule has 0 aliphatic carbocycles. The molecule has 0 spiro atoms. The zero-order chi connectivity index (χ0) is 18.2. The number of hydrogen-bond donors (Lipinski definition) is 1. The third-order valence-electron chi connectivity index (χ3n) is 4.22. The van der Waals surface area contributed by atoms with Gasteiger partial charge in [0.25, 0.3) is 23.4 Å². The summed E-state index contributed by atoms with van der Waals surface area (Å²) >= 11 is 0. The number of imide groups is 1. The van der Waals surface area contributed by atoms with E-state index in [0.717, 1.165) is 4.90 Å². The van der Waals surface area contributed by atoms with Gasteiger partial charge in [-0.15, -0.1) is 0 Å². The molecule has 128 valence electrons. The Morgan fingerprint density at radius 2 is 1.48 bits per heavy atom. The molecule has 7 heteroatoms. The van der Waals surface area contributed by atoms with Crippen molar-refractivity contribution < 1.29 is 23.9 Å². The maximum absolute atomic E-state index is 12.8. The van der Waals surface area contributed by atoms with Crippen molar-refractivity contribution in [1.82, 2.24) is 4.90 Å². The highest BCUT2D eigenvalue weighted by molar-refractivity contribution is 6.23. The SMILES string of the molecule is COc1ccc(C(OC)(C(N)=O)N2C(=O)c3ccccc3C2=O)cc1. The zero-order valence-electron chi connectivity index (χ0n) is 13.7. The predicted octanol–water partition coefficient (Wildman–Crippen LogP) is 1.28. The van der Waals surface area contributed by atoms with Crippen molar-refractivity contribution in [3.8, 4) is 5.75 Å². The molecule has 1 unspecified atom stereocenters. The summed E-state index contributed by atoms with van der Waals surface area (Å²) in [5.74, 6) is -1.72. The van der Waals surface area contributed by atoms with Crippen LogP contribution in [0.3, 0.4) is 0 Å². The van der Waals surface area contributed by atoms with Crippen molar-refractivity contribution in [1.29, 1.82) is 0 Å². The van der Waals surface area contributed by atoms with Crippen LogP contribution in [0.5, 0.6) is 5.75 Å². The maximum atomic E-state index is 12.8. The highest BCUT2D eigenvalue weighted by atomic mass is 16.5. The number of amides is 3. The van der Waals surface area contributed by atoms with E-state index in [1.807, 2.05) is 0 Å². The second kappa shape index (κ2) is 6.03. The molecule has 1 aliphatic heterocycles. The minimum Gasteiger partial charge on any atom is -0.497 e. The van der Waals surface area contributed by atoms with Crippen LogP contribution < -0.4 is 10.5 Å². The van der Waals surface area contributed by atoms with Crippen LogP contribution in [0.15, 0.2) is 48.5 Å². The fourth-order valence-corrected chi connectivity index (χ4v) is 2.98. The normalized spacial score (nSPS) is 15.7. The van der Waals surface area contributed by atoms with Crippen LogP contribution in [-0.2, 0) is 15.3 Å². The van der Waals surface area contributed by atoms with E-state index in [4.69, 9.17) is 15.2 Å². The molecule has 1 atom stereocenters. The van der Waals surface area contributed by atoms with Crippen LogP contribution in [0.4, 0.5) is 0 Å². The van der Waals surface area contributed by atoms with Crippen molar-refractivity contribution in [3.63, 3.8) is 0 Å². The van der Waals surface area contributed by atoms with Gasteiger partial charge in [-0.25, -0.2) is 4.90 Å². The van der Waals surface area contributed by atoms with Crippen LogP contribution in [0, 0.1) is 0 Å². The zero-order valence-corrected chi connectivity index (χ0v) is 13.7. The van der Waals surface area contributed by atoms with E-state index >= 15 is 0 Å².